The summed E-state index contributed by atoms with van der Waals surface area (Å²) in [7, 11) is 0. The van der Waals surface area contributed by atoms with Gasteiger partial charge >= 0.3 is 0 Å². The van der Waals surface area contributed by atoms with Crippen molar-refractivity contribution in [3.05, 3.63) is 86.3 Å². The van der Waals surface area contributed by atoms with Crippen LogP contribution < -0.4 is 14.8 Å². The first kappa shape index (κ1) is 21.5. The van der Waals surface area contributed by atoms with E-state index in [1.807, 2.05) is 43.3 Å². The number of hydrogen-bond donors (Lipinski definition) is 1. The summed E-state index contributed by atoms with van der Waals surface area (Å²) in [4.78, 5) is 0. The molecule has 0 radical (unpaired) electrons. The number of halogens is 2. The Hall–Kier alpha value is -2.17. The van der Waals surface area contributed by atoms with Crippen molar-refractivity contribution in [2.45, 2.75) is 33.9 Å². The summed E-state index contributed by atoms with van der Waals surface area (Å²) in [6.45, 7) is 7.88. The highest BCUT2D eigenvalue weighted by Gasteiger charge is 2.12. The zero-order chi connectivity index (χ0) is 20.8. The predicted octanol–water partition coefficient (Wildman–Crippen LogP) is 7.31. The van der Waals surface area contributed by atoms with Gasteiger partial charge in [0, 0.05) is 21.7 Å². The third-order valence-corrected chi connectivity index (χ3v) is 5.66. The standard InChI is InChI=1S/C24H25BrClNO2/c1-4-28-23-12-19(14-27-21-9-8-16(2)17(3)10-21)22(25)13-24(23)29-15-18-6-5-7-20(26)11-18/h5-13,27H,4,14-15H2,1-3H3. The fourth-order valence-corrected chi connectivity index (χ4v) is 3.61. The normalized spacial score (nSPS) is 10.7. The molecule has 3 aromatic carbocycles. The molecule has 29 heavy (non-hydrogen) atoms. The Morgan fingerprint density at radius 1 is 0.931 bits per heavy atom. The molecule has 0 aliphatic rings. The van der Waals surface area contributed by atoms with Gasteiger partial charge in [0.25, 0.3) is 0 Å². The van der Waals surface area contributed by atoms with Crippen LogP contribution >= 0.6 is 27.5 Å². The Morgan fingerprint density at radius 2 is 1.72 bits per heavy atom. The topological polar surface area (TPSA) is 30.5 Å². The maximum Gasteiger partial charge on any atom is 0.162 e. The van der Waals surface area contributed by atoms with E-state index in [-0.39, 0.29) is 0 Å². The molecule has 0 amide bonds. The molecule has 152 valence electrons. The monoisotopic (exact) mass is 473 g/mol. The van der Waals surface area contributed by atoms with Crippen LogP contribution in [0.25, 0.3) is 0 Å². The minimum absolute atomic E-state index is 0.424. The number of ether oxygens (including phenoxy) is 2. The van der Waals surface area contributed by atoms with Gasteiger partial charge in [-0.05, 0) is 79.4 Å². The molecule has 0 aliphatic carbocycles. The second kappa shape index (κ2) is 10.0. The molecule has 0 heterocycles. The van der Waals surface area contributed by atoms with Gasteiger partial charge in [0.1, 0.15) is 6.61 Å². The quantitative estimate of drug-likeness (QED) is 0.371. The summed E-state index contributed by atoms with van der Waals surface area (Å²) in [5, 5.41) is 4.18. The average Bonchev–Trinajstić information content (AvgIpc) is 2.69. The highest BCUT2D eigenvalue weighted by molar-refractivity contribution is 9.10. The van der Waals surface area contributed by atoms with E-state index in [1.54, 1.807) is 0 Å². The Morgan fingerprint density at radius 3 is 2.45 bits per heavy atom. The fraction of sp³-hybridized carbons (Fsp3) is 0.250. The van der Waals surface area contributed by atoms with Crippen molar-refractivity contribution in [3.63, 3.8) is 0 Å². The maximum absolute atomic E-state index is 6.06. The molecule has 0 fully saturated rings. The van der Waals surface area contributed by atoms with E-state index in [0.717, 1.165) is 27.0 Å². The minimum atomic E-state index is 0.424. The van der Waals surface area contributed by atoms with E-state index in [4.69, 9.17) is 21.1 Å². The highest BCUT2D eigenvalue weighted by Crippen LogP contribution is 2.35. The lowest BCUT2D eigenvalue weighted by atomic mass is 10.1. The highest BCUT2D eigenvalue weighted by atomic mass is 79.9. The molecular formula is C24H25BrClNO2. The summed E-state index contributed by atoms with van der Waals surface area (Å²) < 4.78 is 12.8. The first-order chi connectivity index (χ1) is 14.0. The van der Waals surface area contributed by atoms with Gasteiger partial charge in [0.15, 0.2) is 11.5 Å². The zero-order valence-corrected chi connectivity index (χ0v) is 19.2. The van der Waals surface area contributed by atoms with Crippen molar-refractivity contribution < 1.29 is 9.47 Å². The van der Waals surface area contributed by atoms with Gasteiger partial charge in [-0.15, -0.1) is 0 Å². The third kappa shape index (κ3) is 5.91. The van der Waals surface area contributed by atoms with E-state index in [9.17, 15) is 0 Å². The summed E-state index contributed by atoms with van der Waals surface area (Å²) >= 11 is 9.74. The van der Waals surface area contributed by atoms with Crippen molar-refractivity contribution in [1.29, 1.82) is 0 Å². The lowest BCUT2D eigenvalue weighted by molar-refractivity contribution is 0.269. The van der Waals surface area contributed by atoms with Gasteiger partial charge in [0.2, 0.25) is 0 Å². The Labute approximate surface area is 186 Å². The molecule has 0 atom stereocenters. The van der Waals surface area contributed by atoms with Crippen molar-refractivity contribution in [3.8, 4) is 11.5 Å². The van der Waals surface area contributed by atoms with Gasteiger partial charge in [0.05, 0.1) is 6.61 Å². The molecule has 3 rings (SSSR count). The fourth-order valence-electron chi connectivity index (χ4n) is 2.93. The second-order valence-corrected chi connectivity index (χ2v) is 8.19. The first-order valence-electron chi connectivity index (χ1n) is 9.60. The molecule has 1 N–H and O–H groups in total. The van der Waals surface area contributed by atoms with Crippen molar-refractivity contribution in [2.75, 3.05) is 11.9 Å². The first-order valence-corrected chi connectivity index (χ1v) is 10.8. The molecule has 5 heteroatoms. The average molecular weight is 475 g/mol. The lowest BCUT2D eigenvalue weighted by Crippen LogP contribution is -2.04. The van der Waals surface area contributed by atoms with Crippen LogP contribution in [0.15, 0.2) is 59.1 Å². The molecule has 0 aromatic heterocycles. The number of hydrogen-bond acceptors (Lipinski definition) is 3. The van der Waals surface area contributed by atoms with Crippen LogP contribution in [0.5, 0.6) is 11.5 Å². The Kier molecular flexibility index (Phi) is 7.45. The number of nitrogens with one attached hydrogen (secondary N) is 1. The van der Waals surface area contributed by atoms with Gasteiger partial charge < -0.3 is 14.8 Å². The zero-order valence-electron chi connectivity index (χ0n) is 16.9. The van der Waals surface area contributed by atoms with E-state index < -0.39 is 0 Å². The largest absolute Gasteiger partial charge is 0.490 e. The van der Waals surface area contributed by atoms with E-state index in [1.165, 1.54) is 11.1 Å². The maximum atomic E-state index is 6.06. The Bertz CT molecular complexity index is 991. The van der Waals surface area contributed by atoms with Crippen molar-refractivity contribution >= 4 is 33.2 Å². The van der Waals surface area contributed by atoms with Gasteiger partial charge in [-0.1, -0.05) is 45.7 Å². The second-order valence-electron chi connectivity index (χ2n) is 6.89. The summed E-state index contributed by atoms with van der Waals surface area (Å²) in [6, 6.07) is 18.0. The van der Waals surface area contributed by atoms with Crippen LogP contribution in [-0.4, -0.2) is 6.61 Å². The Balaban J connectivity index is 1.75. The number of aryl methyl sites for hydroxylation is 2. The van der Waals surface area contributed by atoms with Crippen LogP contribution in [0.1, 0.15) is 29.2 Å². The van der Waals surface area contributed by atoms with Crippen LogP contribution in [-0.2, 0) is 13.2 Å². The van der Waals surface area contributed by atoms with Crippen molar-refractivity contribution in [2.24, 2.45) is 0 Å². The number of benzene rings is 3. The molecule has 0 unspecified atom stereocenters. The lowest BCUT2D eigenvalue weighted by Gasteiger charge is -2.16. The van der Waals surface area contributed by atoms with E-state index in [2.05, 4.69) is 53.3 Å². The SMILES string of the molecule is CCOc1cc(CNc2ccc(C)c(C)c2)c(Br)cc1OCc1cccc(Cl)c1. The molecule has 3 aromatic rings. The minimum Gasteiger partial charge on any atom is -0.490 e. The van der Waals surface area contributed by atoms with E-state index in [0.29, 0.717) is 30.5 Å². The third-order valence-electron chi connectivity index (χ3n) is 4.69. The summed E-state index contributed by atoms with van der Waals surface area (Å²) in [6.07, 6.45) is 0. The molecule has 0 saturated carbocycles. The van der Waals surface area contributed by atoms with E-state index >= 15 is 0 Å². The predicted molar refractivity (Wildman–Crippen MR) is 124 cm³/mol. The molecule has 0 bridgehead atoms. The van der Waals surface area contributed by atoms with Gasteiger partial charge in [-0.3, -0.25) is 0 Å². The van der Waals surface area contributed by atoms with Gasteiger partial charge in [-0.2, -0.15) is 0 Å². The summed E-state index contributed by atoms with van der Waals surface area (Å²) in [5.41, 5.74) is 5.77. The van der Waals surface area contributed by atoms with Crippen LogP contribution in [0.3, 0.4) is 0 Å². The smallest absolute Gasteiger partial charge is 0.162 e. The van der Waals surface area contributed by atoms with Crippen LogP contribution in [0.2, 0.25) is 5.02 Å². The number of rotatable bonds is 8. The van der Waals surface area contributed by atoms with Gasteiger partial charge in [-0.25, -0.2) is 0 Å². The number of anilines is 1. The summed E-state index contributed by atoms with van der Waals surface area (Å²) in [5.74, 6) is 1.43. The van der Waals surface area contributed by atoms with Crippen LogP contribution in [0.4, 0.5) is 5.69 Å². The molecule has 0 aliphatic heterocycles. The molecule has 3 nitrogen and oxygen atoms in total. The van der Waals surface area contributed by atoms with Crippen molar-refractivity contribution in [1.82, 2.24) is 0 Å². The molecule has 0 saturated heterocycles. The molecule has 0 spiro atoms. The van der Waals surface area contributed by atoms with Crippen LogP contribution in [0, 0.1) is 13.8 Å². The molecular weight excluding hydrogens is 450 g/mol.